The number of pyridine rings is 1. The molecule has 0 saturated carbocycles. The molecule has 0 bridgehead atoms. The van der Waals surface area contributed by atoms with Crippen LogP contribution >= 0.6 is 0 Å². The quantitative estimate of drug-likeness (QED) is 0.719. The van der Waals surface area contributed by atoms with E-state index in [2.05, 4.69) is 4.98 Å². The fourth-order valence-corrected chi connectivity index (χ4v) is 2.97. The summed E-state index contributed by atoms with van der Waals surface area (Å²) in [5, 5.41) is 18.4. The number of aromatic nitrogens is 1. The van der Waals surface area contributed by atoms with Crippen molar-refractivity contribution in [3.05, 3.63) is 59.8 Å². The van der Waals surface area contributed by atoms with Crippen molar-refractivity contribution < 1.29 is 17.7 Å². The Morgan fingerprint density at radius 1 is 1.04 bits per heavy atom. The van der Waals surface area contributed by atoms with Gasteiger partial charge in [-0.15, -0.1) is 0 Å². The van der Waals surface area contributed by atoms with Crippen LogP contribution in [0.5, 0.6) is 11.5 Å². The van der Waals surface area contributed by atoms with Crippen LogP contribution in [0.4, 0.5) is 0 Å². The van der Waals surface area contributed by atoms with Crippen LogP contribution in [-0.4, -0.2) is 18.0 Å². The molecule has 1 heterocycles. The molecule has 3 rings (SSSR count). The minimum atomic E-state index is -4.44. The van der Waals surface area contributed by atoms with Crippen LogP contribution in [0, 0.1) is 22.7 Å². The number of ether oxygens (including phenoxy) is 1. The minimum absolute atomic E-state index is 0.0663. The summed E-state index contributed by atoms with van der Waals surface area (Å²) in [5.74, 6) is 0.601. The highest BCUT2D eigenvalue weighted by Gasteiger charge is 2.18. The van der Waals surface area contributed by atoms with E-state index in [9.17, 15) is 13.0 Å². The van der Waals surface area contributed by atoms with Gasteiger partial charge in [0.15, 0.2) is 0 Å². The fourth-order valence-electron chi connectivity index (χ4n) is 2.32. The number of fused-ring (bicyclic) bond motifs is 1. The molecule has 0 aliphatic heterocycles. The second-order valence-electron chi connectivity index (χ2n) is 4.97. The van der Waals surface area contributed by atoms with Crippen molar-refractivity contribution in [3.63, 3.8) is 0 Å². The number of hydrogen-bond acceptors (Lipinski definition) is 6. The maximum Gasteiger partial charge on any atom is 0.296 e. The second kappa shape index (κ2) is 6.21. The van der Waals surface area contributed by atoms with E-state index in [4.69, 9.17) is 15.3 Å². The number of benzene rings is 2. The van der Waals surface area contributed by atoms with Gasteiger partial charge in [0.1, 0.15) is 28.5 Å². The molecule has 0 fully saturated rings. The molecule has 0 aliphatic carbocycles. The first-order valence-electron chi connectivity index (χ1n) is 6.91. The molecule has 1 aromatic heterocycles. The average Bonchev–Trinajstić information content (AvgIpc) is 2.60. The maximum absolute atomic E-state index is 11.5. The monoisotopic (exact) mass is 351 g/mol. The molecule has 0 spiro atoms. The van der Waals surface area contributed by atoms with Gasteiger partial charge in [-0.1, -0.05) is 0 Å². The zero-order chi connectivity index (χ0) is 18.0. The van der Waals surface area contributed by atoms with Crippen molar-refractivity contribution in [2.75, 3.05) is 0 Å². The lowest BCUT2D eigenvalue weighted by Gasteiger charge is -2.11. The predicted molar refractivity (Wildman–Crippen MR) is 87.5 cm³/mol. The molecule has 0 aliphatic rings. The standard InChI is InChI=1S/C17H9N3O4S/c18-9-11-3-4-13(8-12(11)10-19)24-15-5-6-16(25(21,22)23)17-14(15)2-1-7-20-17/h1-8H,(H,21,22,23). The van der Waals surface area contributed by atoms with E-state index in [1.807, 2.05) is 12.1 Å². The largest absolute Gasteiger partial charge is 0.457 e. The Hall–Kier alpha value is -3.46. The molecule has 0 unspecified atom stereocenters. The minimum Gasteiger partial charge on any atom is -0.457 e. The zero-order valence-electron chi connectivity index (χ0n) is 12.5. The van der Waals surface area contributed by atoms with E-state index < -0.39 is 10.1 Å². The molecular weight excluding hydrogens is 342 g/mol. The van der Waals surface area contributed by atoms with Crippen molar-refractivity contribution in [2.45, 2.75) is 4.90 Å². The van der Waals surface area contributed by atoms with Crippen molar-refractivity contribution >= 4 is 21.0 Å². The van der Waals surface area contributed by atoms with Crippen LogP contribution in [0.2, 0.25) is 0 Å². The average molecular weight is 351 g/mol. The van der Waals surface area contributed by atoms with Gasteiger partial charge in [0.2, 0.25) is 0 Å². The summed E-state index contributed by atoms with van der Waals surface area (Å²) in [6, 6.07) is 14.0. The molecule has 2 aromatic carbocycles. The number of nitrogens with zero attached hydrogens (tertiary/aromatic N) is 3. The Bertz CT molecular complexity index is 1170. The van der Waals surface area contributed by atoms with Gasteiger partial charge in [0, 0.05) is 11.6 Å². The normalized spacial score (nSPS) is 10.8. The summed E-state index contributed by atoms with van der Waals surface area (Å²) >= 11 is 0. The first-order valence-corrected chi connectivity index (χ1v) is 8.35. The fraction of sp³-hybridized carbons (Fsp3) is 0. The van der Waals surface area contributed by atoms with Crippen LogP contribution in [0.1, 0.15) is 11.1 Å². The first-order chi connectivity index (χ1) is 11.9. The summed E-state index contributed by atoms with van der Waals surface area (Å²) in [6.45, 7) is 0. The highest BCUT2D eigenvalue weighted by Crippen LogP contribution is 2.33. The number of rotatable bonds is 3. The number of hydrogen-bond donors (Lipinski definition) is 1. The Kier molecular flexibility index (Phi) is 4.07. The highest BCUT2D eigenvalue weighted by molar-refractivity contribution is 7.86. The summed E-state index contributed by atoms with van der Waals surface area (Å²) in [5.41, 5.74) is 0.455. The predicted octanol–water partition coefficient (Wildman–Crippen LogP) is 3.02. The molecule has 122 valence electrons. The van der Waals surface area contributed by atoms with E-state index in [-0.39, 0.29) is 21.5 Å². The second-order valence-corrected chi connectivity index (χ2v) is 6.36. The van der Waals surface area contributed by atoms with Gasteiger partial charge in [0.05, 0.1) is 16.6 Å². The van der Waals surface area contributed by atoms with Gasteiger partial charge in [-0.25, -0.2) is 0 Å². The molecule has 0 atom stereocenters. The molecular formula is C17H9N3O4S. The van der Waals surface area contributed by atoms with Crippen LogP contribution in [0.15, 0.2) is 53.6 Å². The third kappa shape index (κ3) is 3.12. The van der Waals surface area contributed by atoms with E-state index in [0.717, 1.165) is 0 Å². The first kappa shape index (κ1) is 16.4. The zero-order valence-corrected chi connectivity index (χ0v) is 13.4. The summed E-state index contributed by atoms with van der Waals surface area (Å²) in [7, 11) is -4.44. The van der Waals surface area contributed by atoms with Gasteiger partial charge in [-0.3, -0.25) is 9.54 Å². The van der Waals surface area contributed by atoms with Crippen LogP contribution in [0.3, 0.4) is 0 Å². The Morgan fingerprint density at radius 2 is 1.80 bits per heavy atom. The van der Waals surface area contributed by atoms with Gasteiger partial charge in [-0.05, 0) is 42.5 Å². The van der Waals surface area contributed by atoms with Gasteiger partial charge in [-0.2, -0.15) is 18.9 Å². The van der Waals surface area contributed by atoms with Crippen molar-refractivity contribution in [1.82, 2.24) is 4.98 Å². The Labute approximate surface area is 143 Å². The molecule has 1 N–H and O–H groups in total. The molecule has 3 aromatic rings. The third-order valence-corrected chi connectivity index (χ3v) is 4.32. The van der Waals surface area contributed by atoms with Gasteiger partial charge >= 0.3 is 0 Å². The molecule has 0 radical (unpaired) electrons. The van der Waals surface area contributed by atoms with Crippen LogP contribution in [0.25, 0.3) is 10.9 Å². The molecule has 0 amide bonds. The maximum atomic E-state index is 11.5. The van der Waals surface area contributed by atoms with E-state index in [1.165, 1.54) is 36.5 Å². The summed E-state index contributed by atoms with van der Waals surface area (Å²) in [4.78, 5) is 3.67. The highest BCUT2D eigenvalue weighted by atomic mass is 32.2. The lowest BCUT2D eigenvalue weighted by molar-refractivity contribution is 0.482. The van der Waals surface area contributed by atoms with Crippen molar-refractivity contribution in [1.29, 1.82) is 10.5 Å². The third-order valence-electron chi connectivity index (χ3n) is 3.43. The van der Waals surface area contributed by atoms with Gasteiger partial charge in [0.25, 0.3) is 10.1 Å². The van der Waals surface area contributed by atoms with E-state index >= 15 is 0 Å². The summed E-state index contributed by atoms with van der Waals surface area (Å²) < 4.78 is 38.0. The van der Waals surface area contributed by atoms with Crippen molar-refractivity contribution in [2.24, 2.45) is 0 Å². The van der Waals surface area contributed by atoms with Crippen molar-refractivity contribution in [3.8, 4) is 23.6 Å². The molecule has 25 heavy (non-hydrogen) atoms. The molecule has 8 heteroatoms. The smallest absolute Gasteiger partial charge is 0.296 e. The molecule has 0 saturated heterocycles. The lowest BCUT2D eigenvalue weighted by atomic mass is 10.1. The topological polar surface area (TPSA) is 124 Å². The lowest BCUT2D eigenvalue weighted by Crippen LogP contribution is -2.01. The SMILES string of the molecule is N#Cc1ccc(Oc2ccc(S(=O)(=O)O)c3ncccc23)cc1C#N. The number of nitriles is 2. The van der Waals surface area contributed by atoms with Crippen LogP contribution < -0.4 is 4.74 Å². The van der Waals surface area contributed by atoms with Crippen LogP contribution in [-0.2, 0) is 10.1 Å². The Morgan fingerprint density at radius 3 is 2.48 bits per heavy atom. The van der Waals surface area contributed by atoms with E-state index in [1.54, 1.807) is 12.1 Å². The summed E-state index contributed by atoms with van der Waals surface area (Å²) in [6.07, 6.45) is 1.40. The van der Waals surface area contributed by atoms with Gasteiger partial charge < -0.3 is 4.74 Å². The molecule has 7 nitrogen and oxygen atoms in total. The van der Waals surface area contributed by atoms with E-state index in [0.29, 0.717) is 16.9 Å². The Balaban J connectivity index is 2.13.